The lowest BCUT2D eigenvalue weighted by atomic mass is 10.2. The van der Waals surface area contributed by atoms with Crippen LogP contribution in [0.3, 0.4) is 0 Å². The smallest absolute Gasteiger partial charge is 0.344 e. The number of nitro benzene ring substituents is 1. The predicted octanol–water partition coefficient (Wildman–Crippen LogP) is 1.47. The Kier molecular flexibility index (Phi) is 5.05. The second-order valence-electron chi connectivity index (χ2n) is 4.72. The number of nitrogens with zero attached hydrogens (tertiary/aromatic N) is 1. The highest BCUT2D eigenvalue weighted by Crippen LogP contribution is 2.23. The van der Waals surface area contributed by atoms with Gasteiger partial charge in [0.15, 0.2) is 6.10 Å². The minimum absolute atomic E-state index is 0.0204. The topological polar surface area (TPSA) is 131 Å². The van der Waals surface area contributed by atoms with E-state index < -0.39 is 28.5 Å². The van der Waals surface area contributed by atoms with Crippen LogP contribution in [0, 0.1) is 10.1 Å². The summed E-state index contributed by atoms with van der Waals surface area (Å²) in [6.07, 6.45) is 0.0981. The van der Waals surface area contributed by atoms with Crippen molar-refractivity contribution in [3.8, 4) is 0 Å². The lowest BCUT2D eigenvalue weighted by molar-refractivity contribution is -0.383. The molecule has 1 aromatic carbocycles. The number of benzene rings is 1. The van der Waals surface area contributed by atoms with Crippen molar-refractivity contribution in [2.45, 2.75) is 13.0 Å². The highest BCUT2D eigenvalue weighted by Gasteiger charge is 2.23. The predicted molar refractivity (Wildman–Crippen MR) is 83.7 cm³/mol. The van der Waals surface area contributed by atoms with E-state index in [-0.39, 0.29) is 16.9 Å². The first kappa shape index (κ1) is 16.9. The fraction of sp³-hybridized carbons (Fsp3) is 0.133. The van der Waals surface area contributed by atoms with E-state index >= 15 is 0 Å². The standard InChI is InChI=1S/C15H13N3O6/c1-9(24-15(21)10-5-4-8-16-14(10)20)13(19)17-11-6-2-3-7-12(11)18(22)23/h2-9H,1H3,(H,16,20)(H,17,19)/t9-/m1/s1. The lowest BCUT2D eigenvalue weighted by Gasteiger charge is -2.13. The molecule has 2 aromatic rings. The summed E-state index contributed by atoms with van der Waals surface area (Å²) in [7, 11) is 0. The maximum atomic E-state index is 12.0. The van der Waals surface area contributed by atoms with Crippen LogP contribution in [0.15, 0.2) is 47.4 Å². The Morgan fingerprint density at radius 2 is 1.96 bits per heavy atom. The molecule has 2 N–H and O–H groups in total. The van der Waals surface area contributed by atoms with Gasteiger partial charge in [-0.2, -0.15) is 0 Å². The van der Waals surface area contributed by atoms with Gasteiger partial charge >= 0.3 is 5.97 Å². The molecule has 9 heteroatoms. The van der Waals surface area contributed by atoms with E-state index in [1.165, 1.54) is 49.5 Å². The number of anilines is 1. The Balaban J connectivity index is 2.08. The molecule has 0 aliphatic rings. The average molecular weight is 331 g/mol. The maximum Gasteiger partial charge on any atom is 0.344 e. The molecule has 0 spiro atoms. The maximum absolute atomic E-state index is 12.0. The van der Waals surface area contributed by atoms with Gasteiger partial charge in [0.25, 0.3) is 17.2 Å². The van der Waals surface area contributed by atoms with Gasteiger partial charge in [-0.15, -0.1) is 0 Å². The third kappa shape index (κ3) is 3.83. The van der Waals surface area contributed by atoms with Crippen LogP contribution in [0.2, 0.25) is 0 Å². The van der Waals surface area contributed by atoms with Gasteiger partial charge in [-0.3, -0.25) is 19.7 Å². The van der Waals surface area contributed by atoms with Crippen LogP contribution in [0.4, 0.5) is 11.4 Å². The van der Waals surface area contributed by atoms with Crippen molar-refractivity contribution >= 4 is 23.3 Å². The number of ether oxygens (including phenoxy) is 1. The monoisotopic (exact) mass is 331 g/mol. The van der Waals surface area contributed by atoms with Crippen LogP contribution in [-0.2, 0) is 9.53 Å². The van der Waals surface area contributed by atoms with Crippen molar-refractivity contribution < 1.29 is 19.2 Å². The molecule has 9 nitrogen and oxygen atoms in total. The first-order valence-electron chi connectivity index (χ1n) is 6.83. The number of esters is 1. The number of rotatable bonds is 5. The molecule has 0 fully saturated rings. The van der Waals surface area contributed by atoms with E-state index in [4.69, 9.17) is 4.74 Å². The van der Waals surface area contributed by atoms with E-state index in [1.54, 1.807) is 0 Å². The van der Waals surface area contributed by atoms with Crippen LogP contribution >= 0.6 is 0 Å². The fourth-order valence-electron chi connectivity index (χ4n) is 1.83. The van der Waals surface area contributed by atoms with Crippen LogP contribution < -0.4 is 10.9 Å². The number of H-pyrrole nitrogens is 1. The summed E-state index contributed by atoms with van der Waals surface area (Å²) in [5, 5.41) is 13.2. The first-order valence-corrected chi connectivity index (χ1v) is 6.83. The third-order valence-corrected chi connectivity index (χ3v) is 3.05. The zero-order valence-electron chi connectivity index (χ0n) is 12.5. The highest BCUT2D eigenvalue weighted by atomic mass is 16.6. The largest absolute Gasteiger partial charge is 0.449 e. The van der Waals surface area contributed by atoms with Crippen molar-refractivity contribution in [3.05, 3.63) is 68.6 Å². The van der Waals surface area contributed by atoms with Crippen molar-refractivity contribution in [1.29, 1.82) is 0 Å². The van der Waals surface area contributed by atoms with Crippen LogP contribution in [-0.4, -0.2) is 27.9 Å². The molecule has 0 aliphatic heterocycles. The molecule has 1 amide bonds. The molecule has 0 unspecified atom stereocenters. The Hall–Kier alpha value is -3.49. The Morgan fingerprint density at radius 3 is 2.62 bits per heavy atom. The second kappa shape index (κ2) is 7.18. The molecule has 1 atom stereocenters. The summed E-state index contributed by atoms with van der Waals surface area (Å²) in [5.41, 5.74) is -1.20. The Bertz CT molecular complexity index is 845. The fourth-order valence-corrected chi connectivity index (χ4v) is 1.83. The van der Waals surface area contributed by atoms with Crippen LogP contribution in [0.5, 0.6) is 0 Å². The van der Waals surface area contributed by atoms with Crippen LogP contribution in [0.25, 0.3) is 0 Å². The number of carbonyl (C=O) groups excluding carboxylic acids is 2. The number of aromatic nitrogens is 1. The molecule has 0 saturated heterocycles. The summed E-state index contributed by atoms with van der Waals surface area (Å²) in [6.45, 7) is 1.29. The Labute approximate surface area is 135 Å². The number of pyridine rings is 1. The second-order valence-corrected chi connectivity index (χ2v) is 4.72. The van der Waals surface area contributed by atoms with Gasteiger partial charge < -0.3 is 15.0 Å². The van der Waals surface area contributed by atoms with Gasteiger partial charge in [0.2, 0.25) is 0 Å². The number of amides is 1. The highest BCUT2D eigenvalue weighted by molar-refractivity contribution is 5.98. The van der Waals surface area contributed by atoms with Gasteiger partial charge in [0.05, 0.1) is 4.92 Å². The minimum atomic E-state index is -1.25. The van der Waals surface area contributed by atoms with Crippen molar-refractivity contribution in [2.24, 2.45) is 0 Å². The molecule has 2 rings (SSSR count). The number of hydrogen-bond acceptors (Lipinski definition) is 6. The number of nitro groups is 1. The van der Waals surface area contributed by atoms with E-state index in [2.05, 4.69) is 10.3 Å². The summed E-state index contributed by atoms with van der Waals surface area (Å²) in [5.74, 6) is -1.73. The first-order chi connectivity index (χ1) is 11.4. The lowest BCUT2D eigenvalue weighted by Crippen LogP contribution is -2.31. The van der Waals surface area contributed by atoms with Crippen molar-refractivity contribution in [1.82, 2.24) is 4.98 Å². The molecule has 1 aromatic heterocycles. The van der Waals surface area contributed by atoms with Gasteiger partial charge in [0, 0.05) is 12.3 Å². The van der Waals surface area contributed by atoms with Gasteiger partial charge in [-0.1, -0.05) is 12.1 Å². The molecular weight excluding hydrogens is 318 g/mol. The SMILES string of the molecule is C[C@@H](OC(=O)c1ccc[nH]c1=O)C(=O)Nc1ccccc1[N+](=O)[O-]. The van der Waals surface area contributed by atoms with Crippen molar-refractivity contribution in [3.63, 3.8) is 0 Å². The molecule has 0 radical (unpaired) electrons. The minimum Gasteiger partial charge on any atom is -0.449 e. The van der Waals surface area contributed by atoms with Gasteiger partial charge in [-0.05, 0) is 25.1 Å². The molecular formula is C15H13N3O6. The molecule has 124 valence electrons. The molecule has 1 heterocycles. The quantitative estimate of drug-likeness (QED) is 0.484. The van der Waals surface area contributed by atoms with Gasteiger partial charge in [-0.25, -0.2) is 4.79 Å². The molecule has 0 aliphatic carbocycles. The van der Waals surface area contributed by atoms with E-state index in [9.17, 15) is 24.5 Å². The number of hydrogen-bond donors (Lipinski definition) is 2. The van der Waals surface area contributed by atoms with E-state index in [0.717, 1.165) is 0 Å². The van der Waals surface area contributed by atoms with Gasteiger partial charge in [0.1, 0.15) is 11.3 Å². The number of aromatic amines is 1. The summed E-state index contributed by atoms with van der Waals surface area (Å²) in [4.78, 5) is 48.0. The average Bonchev–Trinajstić information content (AvgIpc) is 2.55. The zero-order chi connectivity index (χ0) is 17.7. The number of carbonyl (C=O) groups is 2. The molecule has 24 heavy (non-hydrogen) atoms. The van der Waals surface area contributed by atoms with Crippen LogP contribution in [0.1, 0.15) is 17.3 Å². The van der Waals surface area contributed by atoms with E-state index in [0.29, 0.717) is 0 Å². The summed E-state index contributed by atoms with van der Waals surface area (Å²) >= 11 is 0. The van der Waals surface area contributed by atoms with Crippen molar-refractivity contribution in [2.75, 3.05) is 5.32 Å². The Morgan fingerprint density at radius 1 is 1.25 bits per heavy atom. The third-order valence-electron chi connectivity index (χ3n) is 3.05. The summed E-state index contributed by atoms with van der Waals surface area (Å²) in [6, 6.07) is 8.26. The van der Waals surface area contributed by atoms with E-state index in [1.807, 2.05) is 0 Å². The molecule has 0 saturated carbocycles. The number of para-hydroxylation sites is 2. The normalized spacial score (nSPS) is 11.4. The number of nitrogens with one attached hydrogen (secondary N) is 2. The summed E-state index contributed by atoms with van der Waals surface area (Å²) < 4.78 is 4.91. The molecule has 0 bridgehead atoms. The zero-order valence-corrected chi connectivity index (χ0v) is 12.5.